The Hall–Kier alpha value is -2.69. The molecule has 1 amide bonds. The molecule has 0 saturated heterocycles. The van der Waals surface area contributed by atoms with E-state index in [1.807, 2.05) is 12.3 Å². The average molecular weight is 342 g/mol. The lowest BCUT2D eigenvalue weighted by molar-refractivity contribution is -0.144. The number of aryl methyl sites for hydroxylation is 1. The third kappa shape index (κ3) is 3.23. The second-order valence-electron chi connectivity index (χ2n) is 4.51. The second-order valence-corrected chi connectivity index (χ2v) is 5.58. The average Bonchev–Trinajstić information content (AvgIpc) is 3.15. The predicted molar refractivity (Wildman–Crippen MR) is 76.0 cm³/mol. The Morgan fingerprint density at radius 2 is 2.13 bits per heavy atom. The third-order valence-electron chi connectivity index (χ3n) is 2.82. The summed E-state index contributed by atoms with van der Waals surface area (Å²) in [4.78, 5) is 22.2. The van der Waals surface area contributed by atoms with Crippen LogP contribution in [0.2, 0.25) is 0 Å². The fourth-order valence-corrected chi connectivity index (χ4v) is 2.40. The molecule has 11 heteroatoms. The van der Waals surface area contributed by atoms with Crippen LogP contribution in [0.1, 0.15) is 21.3 Å². The lowest BCUT2D eigenvalue weighted by atomic mass is 10.2. The molecule has 3 rings (SSSR count). The molecule has 0 radical (unpaired) electrons. The lowest BCUT2D eigenvalue weighted by Crippen LogP contribution is -2.13. The SMILES string of the molecule is Cc1nc(-c2c[nH]c(C(=O)Nc3n[nH]c(C(F)(F)F)n3)c2)cs1. The number of hydrogen-bond donors (Lipinski definition) is 3. The number of aromatic nitrogens is 5. The van der Waals surface area contributed by atoms with Crippen molar-refractivity contribution in [1.82, 2.24) is 25.1 Å². The van der Waals surface area contributed by atoms with Crippen molar-refractivity contribution in [3.8, 4) is 11.3 Å². The highest BCUT2D eigenvalue weighted by atomic mass is 32.1. The van der Waals surface area contributed by atoms with Gasteiger partial charge in [-0.05, 0) is 13.0 Å². The summed E-state index contributed by atoms with van der Waals surface area (Å²) >= 11 is 1.47. The second kappa shape index (κ2) is 5.50. The molecular formula is C12H9F3N6OS. The van der Waals surface area contributed by atoms with E-state index in [9.17, 15) is 18.0 Å². The van der Waals surface area contributed by atoms with Gasteiger partial charge in [-0.2, -0.15) is 18.2 Å². The number of amides is 1. The van der Waals surface area contributed by atoms with Crippen LogP contribution < -0.4 is 5.32 Å². The standard InChI is InChI=1S/C12H9F3N6OS/c1-5-17-8(4-23-5)6-2-7(16-3-6)9(22)18-11-19-10(20-21-11)12(13,14)15/h2-4,16H,1H3,(H2,18,19,20,21,22). The van der Waals surface area contributed by atoms with Crippen molar-refractivity contribution in [1.29, 1.82) is 0 Å². The highest BCUT2D eigenvalue weighted by Crippen LogP contribution is 2.26. The Labute approximate surface area is 131 Å². The normalized spacial score (nSPS) is 11.7. The minimum atomic E-state index is -4.65. The number of carbonyl (C=O) groups is 1. The molecule has 3 aromatic rings. The number of carbonyl (C=O) groups excluding carboxylic acids is 1. The van der Waals surface area contributed by atoms with Gasteiger partial charge in [0.1, 0.15) is 5.69 Å². The minimum absolute atomic E-state index is 0.156. The van der Waals surface area contributed by atoms with E-state index in [1.165, 1.54) is 11.3 Å². The molecule has 0 aliphatic heterocycles. The van der Waals surface area contributed by atoms with Crippen LogP contribution in [0.4, 0.5) is 19.1 Å². The van der Waals surface area contributed by atoms with E-state index in [-0.39, 0.29) is 5.69 Å². The highest BCUT2D eigenvalue weighted by Gasteiger charge is 2.35. The van der Waals surface area contributed by atoms with Crippen LogP contribution in [0.15, 0.2) is 17.6 Å². The quantitative estimate of drug-likeness (QED) is 0.681. The summed E-state index contributed by atoms with van der Waals surface area (Å²) in [5.41, 5.74) is 1.56. The zero-order valence-electron chi connectivity index (χ0n) is 11.5. The lowest BCUT2D eigenvalue weighted by Gasteiger charge is -1.99. The van der Waals surface area contributed by atoms with E-state index in [1.54, 1.807) is 17.4 Å². The fourth-order valence-electron chi connectivity index (χ4n) is 1.78. The molecule has 0 fully saturated rings. The monoisotopic (exact) mass is 342 g/mol. The molecule has 0 spiro atoms. The van der Waals surface area contributed by atoms with Crippen LogP contribution in [0.25, 0.3) is 11.3 Å². The van der Waals surface area contributed by atoms with E-state index < -0.39 is 23.9 Å². The molecule has 3 aromatic heterocycles. The first kappa shape index (κ1) is 15.2. The topological polar surface area (TPSA) is 99.4 Å². The van der Waals surface area contributed by atoms with E-state index in [2.05, 4.69) is 25.4 Å². The van der Waals surface area contributed by atoms with Gasteiger partial charge in [0.2, 0.25) is 11.8 Å². The van der Waals surface area contributed by atoms with Gasteiger partial charge in [-0.25, -0.2) is 4.98 Å². The van der Waals surface area contributed by atoms with Crippen molar-refractivity contribution in [2.24, 2.45) is 0 Å². The van der Waals surface area contributed by atoms with Crippen molar-refractivity contribution in [2.75, 3.05) is 5.32 Å². The maximum atomic E-state index is 12.4. The molecule has 0 unspecified atom stereocenters. The van der Waals surface area contributed by atoms with E-state index >= 15 is 0 Å². The fraction of sp³-hybridized carbons (Fsp3) is 0.167. The zero-order valence-corrected chi connectivity index (χ0v) is 12.3. The number of H-pyrrole nitrogens is 2. The van der Waals surface area contributed by atoms with Crippen LogP contribution in [0, 0.1) is 6.92 Å². The summed E-state index contributed by atoms with van der Waals surface area (Å²) in [5.74, 6) is -2.39. The van der Waals surface area contributed by atoms with Crippen LogP contribution in [-0.4, -0.2) is 31.1 Å². The Balaban J connectivity index is 1.74. The number of halogens is 3. The van der Waals surface area contributed by atoms with Crippen LogP contribution in [0.3, 0.4) is 0 Å². The molecule has 3 N–H and O–H groups in total. The molecule has 3 heterocycles. The number of anilines is 1. The molecule has 23 heavy (non-hydrogen) atoms. The van der Waals surface area contributed by atoms with E-state index in [4.69, 9.17) is 0 Å². The summed E-state index contributed by atoms with van der Waals surface area (Å²) < 4.78 is 37.2. The van der Waals surface area contributed by atoms with Gasteiger partial charge in [-0.3, -0.25) is 15.2 Å². The van der Waals surface area contributed by atoms with Gasteiger partial charge >= 0.3 is 6.18 Å². The summed E-state index contributed by atoms with van der Waals surface area (Å²) in [6.45, 7) is 1.86. The number of alkyl halides is 3. The molecule has 120 valence electrons. The Kier molecular flexibility index (Phi) is 3.64. The van der Waals surface area contributed by atoms with Gasteiger partial charge in [0.05, 0.1) is 10.7 Å². The zero-order chi connectivity index (χ0) is 16.6. The summed E-state index contributed by atoms with van der Waals surface area (Å²) in [6.07, 6.45) is -3.07. The summed E-state index contributed by atoms with van der Waals surface area (Å²) in [7, 11) is 0. The molecule has 0 saturated carbocycles. The molecule has 0 atom stereocenters. The maximum Gasteiger partial charge on any atom is 0.451 e. The van der Waals surface area contributed by atoms with E-state index in [0.717, 1.165) is 5.01 Å². The van der Waals surface area contributed by atoms with Crippen molar-refractivity contribution < 1.29 is 18.0 Å². The van der Waals surface area contributed by atoms with Crippen molar-refractivity contribution in [3.63, 3.8) is 0 Å². The number of rotatable bonds is 3. The molecule has 0 aromatic carbocycles. The van der Waals surface area contributed by atoms with E-state index in [0.29, 0.717) is 11.3 Å². The molecule has 7 nitrogen and oxygen atoms in total. The van der Waals surface area contributed by atoms with Gasteiger partial charge in [0.15, 0.2) is 0 Å². The van der Waals surface area contributed by atoms with Crippen LogP contribution >= 0.6 is 11.3 Å². The number of hydrogen-bond acceptors (Lipinski definition) is 5. The van der Waals surface area contributed by atoms with Crippen molar-refractivity contribution in [2.45, 2.75) is 13.1 Å². The first-order chi connectivity index (χ1) is 10.8. The van der Waals surface area contributed by atoms with Crippen molar-refractivity contribution in [3.05, 3.63) is 34.2 Å². The van der Waals surface area contributed by atoms with Gasteiger partial charge in [0.25, 0.3) is 5.91 Å². The molecule has 0 aliphatic rings. The van der Waals surface area contributed by atoms with Gasteiger partial charge in [0, 0.05) is 17.1 Å². The Bertz CT molecular complexity index is 849. The Morgan fingerprint density at radius 3 is 2.74 bits per heavy atom. The van der Waals surface area contributed by atoms with Crippen molar-refractivity contribution >= 4 is 23.2 Å². The van der Waals surface area contributed by atoms with Gasteiger partial charge in [-0.1, -0.05) is 0 Å². The first-order valence-corrected chi connectivity index (χ1v) is 7.13. The Morgan fingerprint density at radius 1 is 1.35 bits per heavy atom. The number of nitrogens with one attached hydrogen (secondary N) is 3. The van der Waals surface area contributed by atoms with Gasteiger partial charge < -0.3 is 4.98 Å². The highest BCUT2D eigenvalue weighted by molar-refractivity contribution is 7.09. The largest absolute Gasteiger partial charge is 0.451 e. The summed E-state index contributed by atoms with van der Waals surface area (Å²) in [6, 6.07) is 1.54. The predicted octanol–water partition coefficient (Wildman–Crippen LogP) is 2.84. The third-order valence-corrected chi connectivity index (χ3v) is 3.60. The van der Waals surface area contributed by atoms with Crippen LogP contribution in [0.5, 0.6) is 0 Å². The minimum Gasteiger partial charge on any atom is -0.357 e. The van der Waals surface area contributed by atoms with Gasteiger partial charge in [-0.15, -0.1) is 16.4 Å². The number of aromatic amines is 2. The smallest absolute Gasteiger partial charge is 0.357 e. The first-order valence-electron chi connectivity index (χ1n) is 6.25. The maximum absolute atomic E-state index is 12.4. The molecule has 0 bridgehead atoms. The molecule has 0 aliphatic carbocycles. The number of nitrogens with zero attached hydrogens (tertiary/aromatic N) is 3. The molecular weight excluding hydrogens is 333 g/mol. The summed E-state index contributed by atoms with van der Waals surface area (Å²) in [5, 5.41) is 9.92. The van der Waals surface area contributed by atoms with Crippen LogP contribution in [-0.2, 0) is 6.18 Å². The number of thiazole rings is 1.